The summed E-state index contributed by atoms with van der Waals surface area (Å²) in [6, 6.07) is 88.6. The van der Waals surface area contributed by atoms with Crippen molar-refractivity contribution in [3.8, 4) is 84.1 Å². The lowest BCUT2D eigenvalue weighted by atomic mass is 9.83. The lowest BCUT2D eigenvalue weighted by Gasteiger charge is -2.26. The van der Waals surface area contributed by atoms with E-state index >= 15 is 0 Å². The first-order valence-electron chi connectivity index (χ1n) is 26.3. The molecular formula is C73H56N4. The molecule has 0 aliphatic rings. The number of benzene rings is 10. The Balaban J connectivity index is 1.16. The minimum Gasteiger partial charge on any atom is -0.308 e. The van der Waals surface area contributed by atoms with Gasteiger partial charge in [-0.2, -0.15) is 0 Å². The van der Waals surface area contributed by atoms with E-state index in [1.165, 1.54) is 44.1 Å². The van der Waals surface area contributed by atoms with E-state index in [1.807, 2.05) is 42.5 Å². The van der Waals surface area contributed by atoms with Gasteiger partial charge >= 0.3 is 0 Å². The zero-order valence-electron chi connectivity index (χ0n) is 43.5. The number of allylic oxidation sites excluding steroid dienone is 4. The van der Waals surface area contributed by atoms with Gasteiger partial charge in [-0.15, -0.1) is 0 Å². The number of fused-ring (bicyclic) bond motifs is 3. The number of rotatable bonds is 12. The van der Waals surface area contributed by atoms with Crippen molar-refractivity contribution < 1.29 is 0 Å². The molecule has 0 N–H and O–H groups in total. The summed E-state index contributed by atoms with van der Waals surface area (Å²) in [6.07, 6.45) is 7.96. The molecule has 0 aliphatic carbocycles. The molecule has 0 saturated carbocycles. The molecule has 4 heteroatoms. The Kier molecular flexibility index (Phi) is 13.1. The van der Waals surface area contributed by atoms with Gasteiger partial charge in [-0.3, -0.25) is 0 Å². The van der Waals surface area contributed by atoms with Gasteiger partial charge in [0.1, 0.15) is 0 Å². The number of nitrogens with zero attached hydrogens (tertiary/aromatic N) is 4. The fourth-order valence-electron chi connectivity index (χ4n) is 10.5. The third kappa shape index (κ3) is 9.77. The first-order chi connectivity index (χ1) is 37.8. The van der Waals surface area contributed by atoms with Gasteiger partial charge in [0.15, 0.2) is 17.5 Å². The van der Waals surface area contributed by atoms with Crippen molar-refractivity contribution in [2.24, 2.45) is 0 Å². The van der Waals surface area contributed by atoms with Gasteiger partial charge in [0.25, 0.3) is 0 Å². The topological polar surface area (TPSA) is 43.6 Å². The van der Waals surface area contributed by atoms with Crippen molar-refractivity contribution in [1.29, 1.82) is 0 Å². The summed E-state index contributed by atoms with van der Waals surface area (Å²) >= 11 is 0. The Morgan fingerprint density at radius 3 is 1.39 bits per heavy atom. The van der Waals surface area contributed by atoms with Gasteiger partial charge in [0, 0.05) is 38.6 Å². The molecule has 0 aliphatic heterocycles. The molecule has 0 bridgehead atoms. The number of hydrogen-bond acceptors (Lipinski definition) is 3. The van der Waals surface area contributed by atoms with Crippen molar-refractivity contribution in [2.45, 2.75) is 26.2 Å². The van der Waals surface area contributed by atoms with Crippen LogP contribution in [0.4, 0.5) is 0 Å². The van der Waals surface area contributed by atoms with Crippen LogP contribution in [0.25, 0.3) is 118 Å². The molecule has 2 heterocycles. The average molecular weight is 989 g/mol. The second-order valence-electron chi connectivity index (χ2n) is 20.5. The van der Waals surface area contributed by atoms with E-state index < -0.39 is 0 Å². The molecule has 0 amide bonds. The maximum absolute atomic E-state index is 5.40. The zero-order chi connectivity index (χ0) is 52.3. The third-order valence-corrected chi connectivity index (χ3v) is 14.4. The van der Waals surface area contributed by atoms with Gasteiger partial charge in [-0.25, -0.2) is 15.0 Å². The fraction of sp³-hybridized carbons (Fsp3) is 0.0548. The second kappa shape index (κ2) is 20.9. The highest BCUT2D eigenvalue weighted by Gasteiger charge is 2.28. The third-order valence-electron chi connectivity index (χ3n) is 14.4. The summed E-state index contributed by atoms with van der Waals surface area (Å²) in [6.45, 7) is 11.3. The van der Waals surface area contributed by atoms with Crippen LogP contribution in [-0.4, -0.2) is 19.5 Å². The summed E-state index contributed by atoms with van der Waals surface area (Å²) < 4.78 is 2.55. The van der Waals surface area contributed by atoms with Crippen LogP contribution in [0.1, 0.15) is 37.7 Å². The highest BCUT2D eigenvalue weighted by atomic mass is 15.0. The second-order valence-corrected chi connectivity index (χ2v) is 20.5. The van der Waals surface area contributed by atoms with Crippen LogP contribution >= 0.6 is 0 Å². The largest absolute Gasteiger partial charge is 0.308 e. The van der Waals surface area contributed by atoms with E-state index in [9.17, 15) is 0 Å². The molecule has 0 atom stereocenters. The summed E-state index contributed by atoms with van der Waals surface area (Å²) in [7, 11) is 0. The Labute approximate surface area is 451 Å². The highest BCUT2D eigenvalue weighted by molar-refractivity contribution is 6.14. The molecule has 0 saturated heterocycles. The first-order valence-corrected chi connectivity index (χ1v) is 26.3. The van der Waals surface area contributed by atoms with Crippen LogP contribution in [-0.2, 0) is 5.41 Å². The van der Waals surface area contributed by atoms with Crippen LogP contribution in [0.5, 0.6) is 0 Å². The van der Waals surface area contributed by atoms with Crippen LogP contribution in [0, 0.1) is 0 Å². The van der Waals surface area contributed by atoms with Gasteiger partial charge in [0.05, 0.1) is 16.7 Å². The van der Waals surface area contributed by atoms with Crippen LogP contribution in [0.15, 0.2) is 274 Å². The summed E-state index contributed by atoms with van der Waals surface area (Å²) in [5.74, 6) is 1.64. The van der Waals surface area contributed by atoms with E-state index in [-0.39, 0.29) is 5.41 Å². The van der Waals surface area contributed by atoms with Crippen LogP contribution in [0.2, 0.25) is 0 Å². The zero-order valence-corrected chi connectivity index (χ0v) is 43.5. The van der Waals surface area contributed by atoms with E-state index in [4.69, 9.17) is 15.0 Å². The quantitative estimate of drug-likeness (QED) is 0.115. The SMILES string of the molecule is C=C/C(=C\C=C\c1ccccc1)c1nc(-c2ccc(-c3ccccc3)cc2)nc(-c2cc(-c3ccccc3)c(-n3c4ccc(-c5ccccc5)cc4c4cc(-c5ccccc5)cc(C(C)(C)C)c43)c(-c3ccccc3)c2)n1. The van der Waals surface area contributed by atoms with Crippen molar-refractivity contribution in [3.05, 3.63) is 290 Å². The van der Waals surface area contributed by atoms with Crippen LogP contribution in [0.3, 0.4) is 0 Å². The molecule has 4 nitrogen and oxygen atoms in total. The van der Waals surface area contributed by atoms with Gasteiger partial charge in [-0.1, -0.05) is 264 Å². The smallest absolute Gasteiger partial charge is 0.164 e. The van der Waals surface area contributed by atoms with Crippen molar-refractivity contribution >= 4 is 33.5 Å². The molecule has 10 aromatic carbocycles. The Morgan fingerprint density at radius 2 is 0.857 bits per heavy atom. The van der Waals surface area contributed by atoms with Crippen LogP contribution < -0.4 is 0 Å². The predicted octanol–water partition coefficient (Wildman–Crippen LogP) is 19.2. The molecule has 0 fully saturated rings. The summed E-state index contributed by atoms with van der Waals surface area (Å²) in [5.41, 5.74) is 19.2. The van der Waals surface area contributed by atoms with Gasteiger partial charge in [-0.05, 0) is 97.4 Å². The van der Waals surface area contributed by atoms with E-state index in [0.717, 1.165) is 66.8 Å². The number of hydrogen-bond donors (Lipinski definition) is 0. The van der Waals surface area contributed by atoms with Gasteiger partial charge in [0.2, 0.25) is 0 Å². The molecule has 2 aromatic heterocycles. The Hall–Kier alpha value is -9.77. The van der Waals surface area contributed by atoms with Gasteiger partial charge < -0.3 is 4.57 Å². The Bertz CT molecular complexity index is 4070. The lowest BCUT2D eigenvalue weighted by molar-refractivity contribution is 0.594. The molecule has 12 rings (SSSR count). The minimum atomic E-state index is -0.249. The summed E-state index contributed by atoms with van der Waals surface area (Å²) in [5, 5.41) is 2.38. The molecular weight excluding hydrogens is 933 g/mol. The van der Waals surface area contributed by atoms with Crippen molar-refractivity contribution in [3.63, 3.8) is 0 Å². The first kappa shape index (κ1) is 48.2. The van der Waals surface area contributed by atoms with Crippen molar-refractivity contribution in [1.82, 2.24) is 19.5 Å². The predicted molar refractivity (Wildman–Crippen MR) is 325 cm³/mol. The fourth-order valence-corrected chi connectivity index (χ4v) is 10.5. The van der Waals surface area contributed by atoms with E-state index in [2.05, 4.69) is 262 Å². The molecule has 0 radical (unpaired) electrons. The Morgan fingerprint density at radius 1 is 0.416 bits per heavy atom. The maximum atomic E-state index is 5.40. The highest BCUT2D eigenvalue weighted by Crippen LogP contribution is 2.47. The summed E-state index contributed by atoms with van der Waals surface area (Å²) in [4.78, 5) is 16.0. The monoisotopic (exact) mass is 988 g/mol. The lowest BCUT2D eigenvalue weighted by Crippen LogP contribution is -2.14. The molecule has 0 unspecified atom stereocenters. The molecule has 368 valence electrons. The normalized spacial score (nSPS) is 11.9. The maximum Gasteiger partial charge on any atom is 0.164 e. The number of aromatic nitrogens is 4. The van der Waals surface area contributed by atoms with E-state index in [1.54, 1.807) is 0 Å². The van der Waals surface area contributed by atoms with Crippen molar-refractivity contribution in [2.75, 3.05) is 0 Å². The molecule has 0 spiro atoms. The standard InChI is InChI=1S/C73H56N4/c1-5-51(38-24-27-50-25-12-6-13-26-50)70-74-71(58-41-39-55(40-42-58)52-28-14-7-15-29-52)76-72(75-70)61-47-62(56-34-20-10-21-35-56)68(63(48-61)57-36-22-11-23-37-57)77-67-44-43-59(53-30-16-8-17-31-53)45-64(67)65-46-60(54-32-18-9-19-33-54)49-66(69(65)77)73(2,3)4/h5-49H,1H2,2-4H3/b27-24+,51-38+. The average Bonchev–Trinajstić information content (AvgIpc) is 3.89. The molecule has 12 aromatic rings. The van der Waals surface area contributed by atoms with E-state index in [0.29, 0.717) is 17.5 Å². The molecule has 77 heavy (non-hydrogen) atoms. The minimum absolute atomic E-state index is 0.249.